The largest absolute Gasteiger partial charge is 0.454 e. The number of amides is 5. The van der Waals surface area contributed by atoms with Gasteiger partial charge in [-0.2, -0.15) is 11.8 Å². The molecule has 0 bridgehead atoms. The Morgan fingerprint density at radius 3 is 2.38 bits per heavy atom. The maximum absolute atomic E-state index is 13.8. The Bertz CT molecular complexity index is 1420. The van der Waals surface area contributed by atoms with E-state index >= 15 is 0 Å². The molecule has 5 amide bonds. The molecule has 0 unspecified atom stereocenters. The maximum atomic E-state index is 13.8. The topological polar surface area (TPSA) is 155 Å². The van der Waals surface area contributed by atoms with Crippen molar-refractivity contribution in [2.24, 2.45) is 5.92 Å². The minimum Gasteiger partial charge on any atom is -0.454 e. The molecule has 1 fully saturated rings. The summed E-state index contributed by atoms with van der Waals surface area (Å²) in [5.74, 6) is -0.700. The molecule has 0 aliphatic carbocycles. The number of hydrogen-bond donors (Lipinski definition) is 4. The summed E-state index contributed by atoms with van der Waals surface area (Å²) in [6.07, 6.45) is 3.10. The molecule has 0 saturated carbocycles. The van der Waals surface area contributed by atoms with Crippen molar-refractivity contribution in [3.63, 3.8) is 0 Å². The molecule has 254 valence electrons. The fourth-order valence-corrected chi connectivity index (χ4v) is 5.96. The van der Waals surface area contributed by atoms with E-state index in [4.69, 9.17) is 9.47 Å². The number of thioether (sulfide) groups is 1. The van der Waals surface area contributed by atoms with Gasteiger partial charge in [0, 0.05) is 13.0 Å². The van der Waals surface area contributed by atoms with E-state index < -0.39 is 47.8 Å². The van der Waals surface area contributed by atoms with E-state index in [1.165, 1.54) is 16.7 Å². The molecule has 0 spiro atoms. The second kappa shape index (κ2) is 17.1. The van der Waals surface area contributed by atoms with E-state index in [-0.39, 0.29) is 38.1 Å². The summed E-state index contributed by atoms with van der Waals surface area (Å²) in [7, 11) is 0. The number of benzene rings is 2. The number of nitrogens with zero attached hydrogens (tertiary/aromatic N) is 1. The van der Waals surface area contributed by atoms with Gasteiger partial charge in [0.15, 0.2) is 11.5 Å². The van der Waals surface area contributed by atoms with Crippen molar-refractivity contribution in [2.75, 3.05) is 31.9 Å². The van der Waals surface area contributed by atoms with Crippen molar-refractivity contribution in [3.8, 4) is 11.5 Å². The van der Waals surface area contributed by atoms with Gasteiger partial charge < -0.3 is 35.6 Å². The number of hydrogen-bond acceptors (Lipinski definition) is 8. The summed E-state index contributed by atoms with van der Waals surface area (Å²) < 4.78 is 10.9. The molecule has 4 rings (SSSR count). The Kier molecular flexibility index (Phi) is 12.9. The number of nitrogens with one attached hydrogen (secondary N) is 4. The van der Waals surface area contributed by atoms with Crippen LogP contribution in [0, 0.1) is 5.92 Å². The average Bonchev–Trinajstić information content (AvgIpc) is 3.51. The SMILES string of the molecule is CSCC[C@@H]1NC(=O)[C@H](C(C)C)NC(=O)CN(C(=O)CCc2ccc3c(c2)OCO3)C[C@@H](Cc2ccccc2)NC(=O)[C@H](C)NC1=O. The van der Waals surface area contributed by atoms with E-state index in [2.05, 4.69) is 21.3 Å². The van der Waals surface area contributed by atoms with E-state index in [1.54, 1.807) is 26.8 Å². The van der Waals surface area contributed by atoms with E-state index in [1.807, 2.05) is 48.7 Å². The van der Waals surface area contributed by atoms with Crippen LogP contribution in [-0.2, 0) is 36.8 Å². The molecule has 2 aliphatic heterocycles. The van der Waals surface area contributed by atoms with Crippen LogP contribution in [0.25, 0.3) is 0 Å². The molecule has 0 radical (unpaired) electrons. The maximum Gasteiger partial charge on any atom is 0.243 e. The van der Waals surface area contributed by atoms with E-state index in [9.17, 15) is 24.0 Å². The van der Waals surface area contributed by atoms with Crippen LogP contribution < -0.4 is 30.7 Å². The lowest BCUT2D eigenvalue weighted by atomic mass is 10.0. The zero-order chi connectivity index (χ0) is 33.9. The first kappa shape index (κ1) is 35.6. The standard InChI is InChI=1S/C34H45N5O7S/c1-21(2)31-34(44)37-26(14-15-47-4)33(43)35-22(3)32(42)36-25(16-23-8-6-5-7-9-23)18-39(19-29(40)38-31)30(41)13-11-24-10-12-27-28(17-24)46-20-45-27/h5-10,12,17,21-22,25-26,31H,11,13-16,18-20H2,1-4H3,(H,35,43)(H,36,42)(H,37,44)(H,38,40)/t22-,25+,26-,31-/m0/s1. The highest BCUT2D eigenvalue weighted by atomic mass is 32.2. The summed E-state index contributed by atoms with van der Waals surface area (Å²) in [6.45, 7) is 5.03. The molecule has 2 aromatic carbocycles. The molecule has 2 aromatic rings. The first-order chi connectivity index (χ1) is 22.5. The van der Waals surface area contributed by atoms with Crippen LogP contribution >= 0.6 is 11.8 Å². The first-order valence-corrected chi connectivity index (χ1v) is 17.3. The van der Waals surface area contributed by atoms with Crippen LogP contribution in [0.4, 0.5) is 0 Å². The molecule has 47 heavy (non-hydrogen) atoms. The Morgan fingerprint density at radius 1 is 0.915 bits per heavy atom. The Balaban J connectivity index is 1.62. The third-order valence-electron chi connectivity index (χ3n) is 8.13. The molecule has 2 heterocycles. The average molecular weight is 668 g/mol. The number of fused-ring (bicyclic) bond motifs is 1. The van der Waals surface area contributed by atoms with Crippen LogP contribution in [0.1, 0.15) is 44.7 Å². The Hall–Kier alpha value is -4.26. The van der Waals surface area contributed by atoms with E-state index in [0.29, 0.717) is 36.5 Å². The Labute approximate surface area is 280 Å². The number of rotatable bonds is 9. The highest BCUT2D eigenvalue weighted by Crippen LogP contribution is 2.32. The normalized spacial score (nSPS) is 22.4. The van der Waals surface area contributed by atoms with Gasteiger partial charge in [-0.3, -0.25) is 24.0 Å². The number of aryl methyl sites for hydroxylation is 1. The lowest BCUT2D eigenvalue weighted by molar-refractivity contribution is -0.138. The van der Waals surface area contributed by atoms with Gasteiger partial charge in [0.2, 0.25) is 36.3 Å². The molecule has 12 nitrogen and oxygen atoms in total. The third kappa shape index (κ3) is 10.4. The van der Waals surface area contributed by atoms with Gasteiger partial charge >= 0.3 is 0 Å². The Morgan fingerprint density at radius 2 is 1.66 bits per heavy atom. The van der Waals surface area contributed by atoms with Gasteiger partial charge in [-0.1, -0.05) is 50.2 Å². The summed E-state index contributed by atoms with van der Waals surface area (Å²) >= 11 is 1.53. The van der Waals surface area contributed by atoms with Crippen molar-refractivity contribution in [3.05, 3.63) is 59.7 Å². The minimum atomic E-state index is -0.944. The first-order valence-electron chi connectivity index (χ1n) is 15.9. The summed E-state index contributed by atoms with van der Waals surface area (Å²) in [5, 5.41) is 11.3. The highest BCUT2D eigenvalue weighted by molar-refractivity contribution is 7.98. The fraction of sp³-hybridized carbons (Fsp3) is 0.500. The van der Waals surface area contributed by atoms with Crippen LogP contribution in [0.15, 0.2) is 48.5 Å². The molecule has 4 N–H and O–H groups in total. The molecule has 0 aromatic heterocycles. The zero-order valence-corrected chi connectivity index (χ0v) is 28.2. The van der Waals surface area contributed by atoms with Crippen molar-refractivity contribution < 1.29 is 33.4 Å². The molecular weight excluding hydrogens is 622 g/mol. The number of carbonyl (C=O) groups is 5. The zero-order valence-electron chi connectivity index (χ0n) is 27.4. The molecule has 13 heteroatoms. The van der Waals surface area contributed by atoms with Crippen LogP contribution in [0.5, 0.6) is 11.5 Å². The lowest BCUT2D eigenvalue weighted by Gasteiger charge is -2.30. The second-order valence-corrected chi connectivity index (χ2v) is 13.2. The highest BCUT2D eigenvalue weighted by Gasteiger charge is 2.32. The molecule has 4 atom stereocenters. The van der Waals surface area contributed by atoms with Gasteiger partial charge in [-0.25, -0.2) is 0 Å². The summed E-state index contributed by atoms with van der Waals surface area (Å²) in [4.78, 5) is 68.9. The van der Waals surface area contributed by atoms with Crippen LogP contribution in [0.2, 0.25) is 0 Å². The van der Waals surface area contributed by atoms with Gasteiger partial charge in [0.25, 0.3) is 0 Å². The van der Waals surface area contributed by atoms with Gasteiger partial charge in [0.05, 0.1) is 12.6 Å². The second-order valence-electron chi connectivity index (χ2n) is 12.2. The van der Waals surface area contributed by atoms with Crippen molar-refractivity contribution in [1.29, 1.82) is 0 Å². The predicted octanol–water partition coefficient (Wildman–Crippen LogP) is 1.80. The van der Waals surface area contributed by atoms with Crippen molar-refractivity contribution >= 4 is 41.3 Å². The fourth-order valence-electron chi connectivity index (χ4n) is 5.49. The van der Waals surface area contributed by atoms with Gasteiger partial charge in [0.1, 0.15) is 18.1 Å². The predicted molar refractivity (Wildman–Crippen MR) is 179 cm³/mol. The summed E-state index contributed by atoms with van der Waals surface area (Å²) in [6, 6.07) is 11.7. The quantitative estimate of drug-likeness (QED) is 0.316. The van der Waals surface area contributed by atoms with Crippen molar-refractivity contribution in [1.82, 2.24) is 26.2 Å². The number of ether oxygens (including phenoxy) is 2. The van der Waals surface area contributed by atoms with Crippen LogP contribution in [-0.4, -0.2) is 90.5 Å². The molecular formula is C34H45N5O7S. The number of carbonyl (C=O) groups excluding carboxylic acids is 5. The van der Waals surface area contributed by atoms with E-state index in [0.717, 1.165) is 11.1 Å². The summed E-state index contributed by atoms with van der Waals surface area (Å²) in [5.41, 5.74) is 1.80. The third-order valence-corrected chi connectivity index (χ3v) is 8.77. The van der Waals surface area contributed by atoms with Gasteiger partial charge in [-0.15, -0.1) is 0 Å². The lowest BCUT2D eigenvalue weighted by Crippen LogP contribution is -2.57. The van der Waals surface area contributed by atoms with Gasteiger partial charge in [-0.05, 0) is 67.4 Å². The monoisotopic (exact) mass is 667 g/mol. The minimum absolute atomic E-state index is 0.0313. The molecule has 1 saturated heterocycles. The molecule has 2 aliphatic rings. The van der Waals surface area contributed by atoms with Crippen LogP contribution in [0.3, 0.4) is 0 Å². The smallest absolute Gasteiger partial charge is 0.243 e. The van der Waals surface area contributed by atoms with Crippen molar-refractivity contribution in [2.45, 2.75) is 70.6 Å².